The fourth-order valence-corrected chi connectivity index (χ4v) is 3.04. The van der Waals surface area contributed by atoms with Crippen LogP contribution in [0.1, 0.15) is 21.5 Å². The summed E-state index contributed by atoms with van der Waals surface area (Å²) in [6, 6.07) is 13.4. The van der Waals surface area contributed by atoms with Crippen molar-refractivity contribution >= 4 is 31.9 Å². The summed E-state index contributed by atoms with van der Waals surface area (Å²) in [6.45, 7) is 2.07. The van der Waals surface area contributed by atoms with Crippen molar-refractivity contribution in [3.05, 3.63) is 69.4 Å². The number of rotatable bonds is 3. The zero-order chi connectivity index (χ0) is 13.1. The van der Waals surface area contributed by atoms with Crippen LogP contribution in [0.5, 0.6) is 0 Å². The molecule has 0 radical (unpaired) electrons. The molecule has 0 saturated heterocycles. The van der Waals surface area contributed by atoms with Crippen LogP contribution in [0.3, 0.4) is 0 Å². The quantitative estimate of drug-likeness (QED) is 0.618. The zero-order valence-electron chi connectivity index (χ0n) is 9.96. The lowest BCUT2D eigenvalue weighted by atomic mass is 10.0. The molecule has 0 amide bonds. The summed E-state index contributed by atoms with van der Waals surface area (Å²) in [5.74, 6) is -0.215. The van der Waals surface area contributed by atoms with Gasteiger partial charge in [-0.05, 0) is 42.7 Å². The molecule has 1 atom stereocenters. The van der Waals surface area contributed by atoms with Crippen molar-refractivity contribution in [2.24, 2.45) is 0 Å². The van der Waals surface area contributed by atoms with Gasteiger partial charge in [0.2, 0.25) is 0 Å². The molecule has 0 spiro atoms. The average Bonchev–Trinajstić information content (AvgIpc) is 2.27. The first-order chi connectivity index (χ1) is 8.54. The van der Waals surface area contributed by atoms with Gasteiger partial charge < -0.3 is 0 Å². The summed E-state index contributed by atoms with van der Waals surface area (Å²) in [5.41, 5.74) is 3.44. The van der Waals surface area contributed by atoms with Crippen LogP contribution in [-0.2, 0) is 6.42 Å². The molecule has 3 heteroatoms. The Hall–Kier alpha value is -0.670. The Morgan fingerprint density at radius 2 is 1.94 bits per heavy atom. The lowest BCUT2D eigenvalue weighted by Gasteiger charge is -2.11. The van der Waals surface area contributed by atoms with Crippen molar-refractivity contribution in [2.75, 3.05) is 0 Å². The first-order valence-corrected chi connectivity index (χ1v) is 7.41. The van der Waals surface area contributed by atoms with Gasteiger partial charge in [0.15, 0.2) is 0 Å². The van der Waals surface area contributed by atoms with E-state index in [-0.39, 0.29) is 10.6 Å². The van der Waals surface area contributed by atoms with Gasteiger partial charge in [-0.25, -0.2) is 4.39 Å². The molecule has 0 heterocycles. The number of benzene rings is 2. The normalized spacial score (nSPS) is 12.4. The van der Waals surface area contributed by atoms with Crippen LogP contribution in [0.15, 0.2) is 46.9 Å². The van der Waals surface area contributed by atoms with E-state index >= 15 is 0 Å². The smallest absolute Gasteiger partial charge is 0.124 e. The minimum Gasteiger partial charge on any atom is -0.207 e. The van der Waals surface area contributed by atoms with E-state index in [1.807, 2.05) is 12.1 Å². The second kappa shape index (κ2) is 5.98. The Kier molecular flexibility index (Phi) is 4.57. The van der Waals surface area contributed by atoms with Crippen molar-refractivity contribution in [3.63, 3.8) is 0 Å². The summed E-state index contributed by atoms with van der Waals surface area (Å²) < 4.78 is 14.1. The monoisotopic (exact) mass is 370 g/mol. The van der Waals surface area contributed by atoms with Gasteiger partial charge in [0, 0.05) is 9.30 Å². The molecule has 18 heavy (non-hydrogen) atoms. The summed E-state index contributed by atoms with van der Waals surface area (Å²) in [4.78, 5) is 0.117. The molecule has 2 rings (SSSR count). The maximum atomic E-state index is 13.3. The van der Waals surface area contributed by atoms with E-state index in [2.05, 4.69) is 57.0 Å². The van der Waals surface area contributed by atoms with Crippen LogP contribution in [0, 0.1) is 12.7 Å². The first kappa shape index (κ1) is 13.8. The highest BCUT2D eigenvalue weighted by atomic mass is 79.9. The van der Waals surface area contributed by atoms with Crippen LogP contribution >= 0.6 is 31.9 Å². The fourth-order valence-electron chi connectivity index (χ4n) is 1.92. The van der Waals surface area contributed by atoms with Crippen molar-refractivity contribution in [1.82, 2.24) is 0 Å². The van der Waals surface area contributed by atoms with E-state index in [0.29, 0.717) is 0 Å². The lowest BCUT2D eigenvalue weighted by Crippen LogP contribution is -1.96. The Balaban J connectivity index is 2.19. The molecule has 0 nitrogen and oxygen atoms in total. The summed E-state index contributed by atoms with van der Waals surface area (Å²) in [5, 5.41) is 0. The fraction of sp³-hybridized carbons (Fsp3) is 0.200. The van der Waals surface area contributed by atoms with E-state index in [1.54, 1.807) is 6.07 Å². The number of aryl methyl sites for hydroxylation is 1. The van der Waals surface area contributed by atoms with Crippen molar-refractivity contribution in [1.29, 1.82) is 0 Å². The van der Waals surface area contributed by atoms with E-state index in [4.69, 9.17) is 0 Å². The van der Waals surface area contributed by atoms with Gasteiger partial charge >= 0.3 is 0 Å². The number of halogens is 3. The molecule has 2 aromatic rings. The van der Waals surface area contributed by atoms with E-state index in [1.165, 1.54) is 17.2 Å². The maximum absolute atomic E-state index is 13.3. The van der Waals surface area contributed by atoms with E-state index in [0.717, 1.165) is 16.5 Å². The Morgan fingerprint density at radius 3 is 2.61 bits per heavy atom. The molecule has 0 bridgehead atoms. The number of hydrogen-bond acceptors (Lipinski definition) is 0. The van der Waals surface area contributed by atoms with Crippen LogP contribution in [0.4, 0.5) is 4.39 Å². The third kappa shape index (κ3) is 3.66. The molecule has 0 aliphatic heterocycles. The molecule has 94 valence electrons. The van der Waals surface area contributed by atoms with Crippen LogP contribution in [-0.4, -0.2) is 0 Å². The minimum absolute atomic E-state index is 0.117. The molecule has 0 aromatic heterocycles. The average molecular weight is 372 g/mol. The van der Waals surface area contributed by atoms with Crippen LogP contribution in [0.25, 0.3) is 0 Å². The summed E-state index contributed by atoms with van der Waals surface area (Å²) >= 11 is 6.95. The zero-order valence-corrected chi connectivity index (χ0v) is 13.1. The Morgan fingerprint density at radius 1 is 1.17 bits per heavy atom. The second-order valence-electron chi connectivity index (χ2n) is 4.36. The standard InChI is InChI=1S/C15H13Br2F/c1-10-3-2-4-11(5-10)6-15(17)12-7-13(16)9-14(18)8-12/h2-5,7-9,15H,6H2,1H3. The van der Waals surface area contributed by atoms with E-state index in [9.17, 15) is 4.39 Å². The molecule has 0 N–H and O–H groups in total. The van der Waals surface area contributed by atoms with Gasteiger partial charge in [0.25, 0.3) is 0 Å². The topological polar surface area (TPSA) is 0 Å². The highest BCUT2D eigenvalue weighted by molar-refractivity contribution is 9.10. The molecule has 1 unspecified atom stereocenters. The van der Waals surface area contributed by atoms with Gasteiger partial charge in [0.05, 0.1) is 0 Å². The highest BCUT2D eigenvalue weighted by Gasteiger charge is 2.10. The molecule has 0 aliphatic rings. The van der Waals surface area contributed by atoms with Gasteiger partial charge in [-0.15, -0.1) is 0 Å². The molecule has 0 fully saturated rings. The predicted molar refractivity (Wildman–Crippen MR) is 80.7 cm³/mol. The third-order valence-corrected chi connectivity index (χ3v) is 4.05. The number of hydrogen-bond donors (Lipinski definition) is 0. The van der Waals surface area contributed by atoms with E-state index < -0.39 is 0 Å². The van der Waals surface area contributed by atoms with Gasteiger partial charge in [0.1, 0.15) is 5.82 Å². The van der Waals surface area contributed by atoms with Gasteiger partial charge in [-0.2, -0.15) is 0 Å². The molecule has 0 aliphatic carbocycles. The predicted octanol–water partition coefficient (Wildman–Crippen LogP) is 5.58. The van der Waals surface area contributed by atoms with Gasteiger partial charge in [-0.1, -0.05) is 61.7 Å². The van der Waals surface area contributed by atoms with Crippen molar-refractivity contribution in [2.45, 2.75) is 18.2 Å². The summed E-state index contributed by atoms with van der Waals surface area (Å²) in [7, 11) is 0. The SMILES string of the molecule is Cc1cccc(CC(Br)c2cc(F)cc(Br)c2)c1. The third-order valence-electron chi connectivity index (χ3n) is 2.74. The minimum atomic E-state index is -0.215. The van der Waals surface area contributed by atoms with Crippen molar-refractivity contribution < 1.29 is 4.39 Å². The lowest BCUT2D eigenvalue weighted by molar-refractivity contribution is 0.624. The molecular weight excluding hydrogens is 359 g/mol. The Labute approximate surface area is 123 Å². The first-order valence-electron chi connectivity index (χ1n) is 5.70. The van der Waals surface area contributed by atoms with Crippen LogP contribution in [0.2, 0.25) is 0 Å². The Bertz CT molecular complexity index is 532. The second-order valence-corrected chi connectivity index (χ2v) is 6.38. The summed E-state index contributed by atoms with van der Waals surface area (Å²) in [6.07, 6.45) is 0.845. The molecule has 2 aromatic carbocycles. The van der Waals surface area contributed by atoms with Crippen LogP contribution < -0.4 is 0 Å². The van der Waals surface area contributed by atoms with Crippen molar-refractivity contribution in [3.8, 4) is 0 Å². The maximum Gasteiger partial charge on any atom is 0.124 e. The van der Waals surface area contributed by atoms with Gasteiger partial charge in [-0.3, -0.25) is 0 Å². The largest absolute Gasteiger partial charge is 0.207 e. The highest BCUT2D eigenvalue weighted by Crippen LogP contribution is 2.29. The number of alkyl halides is 1. The molecular formula is C15H13Br2F. The molecule has 0 saturated carbocycles.